The molecule has 0 atom stereocenters. The summed E-state index contributed by atoms with van der Waals surface area (Å²) in [5.41, 5.74) is -1.45. The SMILES string of the molecule is O=C(O)c1ccc(Oc2ccc(CNC(=O)C3(CC(=O)c4cncnc4)CC3)cc2)c(C(F)(F)F)c1. The third-order valence-corrected chi connectivity index (χ3v) is 5.85. The number of ketones is 1. The van der Waals surface area contributed by atoms with Crippen molar-refractivity contribution in [3.8, 4) is 11.5 Å². The van der Waals surface area contributed by atoms with Crippen molar-refractivity contribution < 1.29 is 37.4 Å². The van der Waals surface area contributed by atoms with Crippen LogP contribution in [0, 0.1) is 5.41 Å². The van der Waals surface area contributed by atoms with Gasteiger partial charge in [0.05, 0.1) is 22.1 Å². The number of Topliss-reactive ketones (excluding diaryl/α,β-unsaturated/α-hetero) is 1. The number of carbonyl (C=O) groups excluding carboxylic acids is 2. The van der Waals surface area contributed by atoms with Crippen LogP contribution in [0.25, 0.3) is 0 Å². The number of carbonyl (C=O) groups is 3. The zero-order valence-corrected chi connectivity index (χ0v) is 18.7. The molecule has 0 aliphatic heterocycles. The molecule has 0 saturated heterocycles. The van der Waals surface area contributed by atoms with Crippen LogP contribution in [0.15, 0.2) is 61.2 Å². The van der Waals surface area contributed by atoms with Gasteiger partial charge < -0.3 is 15.2 Å². The molecule has 186 valence electrons. The Morgan fingerprint density at radius 2 is 1.67 bits per heavy atom. The second-order valence-corrected chi connectivity index (χ2v) is 8.45. The quantitative estimate of drug-likeness (QED) is 0.411. The standard InChI is InChI=1S/C25H20F3N3O5/c26-25(27,28)19-9-16(22(33)34)3-6-21(19)36-18-4-1-15(2-5-18)11-31-23(35)24(7-8-24)10-20(32)17-12-29-14-30-13-17/h1-6,9,12-14H,7-8,10-11H2,(H,31,35)(H,33,34). The lowest BCUT2D eigenvalue weighted by molar-refractivity contribution is -0.138. The monoisotopic (exact) mass is 499 g/mol. The van der Waals surface area contributed by atoms with Crippen molar-refractivity contribution >= 4 is 17.7 Å². The van der Waals surface area contributed by atoms with Crippen LogP contribution in [-0.2, 0) is 17.5 Å². The average Bonchev–Trinajstić information content (AvgIpc) is 3.64. The van der Waals surface area contributed by atoms with Crippen molar-refractivity contribution in [1.82, 2.24) is 15.3 Å². The van der Waals surface area contributed by atoms with Gasteiger partial charge in [-0.3, -0.25) is 9.59 Å². The lowest BCUT2D eigenvalue weighted by atomic mass is 9.95. The summed E-state index contributed by atoms with van der Waals surface area (Å²) in [6, 6.07) is 8.56. The molecular formula is C25H20F3N3O5. The third-order valence-electron chi connectivity index (χ3n) is 5.85. The second-order valence-electron chi connectivity index (χ2n) is 8.45. The van der Waals surface area contributed by atoms with Gasteiger partial charge in [-0.1, -0.05) is 12.1 Å². The Hall–Kier alpha value is -4.28. The number of amides is 1. The van der Waals surface area contributed by atoms with E-state index in [-0.39, 0.29) is 30.4 Å². The summed E-state index contributed by atoms with van der Waals surface area (Å²) in [5, 5.41) is 11.8. The second kappa shape index (κ2) is 9.76. The molecule has 1 saturated carbocycles. The number of rotatable bonds is 9. The number of carboxylic acid groups (broad SMARTS) is 1. The first-order valence-electron chi connectivity index (χ1n) is 10.9. The van der Waals surface area contributed by atoms with Crippen LogP contribution in [0.3, 0.4) is 0 Å². The predicted molar refractivity (Wildman–Crippen MR) is 119 cm³/mol. The number of aromatic carboxylic acids is 1. The maximum absolute atomic E-state index is 13.4. The van der Waals surface area contributed by atoms with Crippen molar-refractivity contribution in [2.45, 2.75) is 32.0 Å². The van der Waals surface area contributed by atoms with Gasteiger partial charge in [0.2, 0.25) is 5.91 Å². The Bertz CT molecular complexity index is 1290. The number of aromatic nitrogens is 2. The number of ether oxygens (including phenoxy) is 1. The molecule has 0 unspecified atom stereocenters. The maximum Gasteiger partial charge on any atom is 0.420 e. The number of alkyl halides is 3. The fourth-order valence-electron chi connectivity index (χ4n) is 3.63. The van der Waals surface area contributed by atoms with E-state index in [0.29, 0.717) is 30.0 Å². The molecule has 11 heteroatoms. The molecule has 3 aromatic rings. The number of nitrogens with one attached hydrogen (secondary N) is 1. The molecule has 4 rings (SSSR count). The molecule has 36 heavy (non-hydrogen) atoms. The minimum absolute atomic E-state index is 0.0567. The molecule has 1 amide bonds. The average molecular weight is 499 g/mol. The Labute approximate surface area is 203 Å². The van der Waals surface area contributed by atoms with Crippen LogP contribution in [0.4, 0.5) is 13.2 Å². The lowest BCUT2D eigenvalue weighted by Gasteiger charge is -2.16. The normalized spacial score (nSPS) is 14.1. The van der Waals surface area contributed by atoms with Gasteiger partial charge in [-0.05, 0) is 48.7 Å². The van der Waals surface area contributed by atoms with E-state index in [1.807, 2.05) is 0 Å². The molecule has 8 nitrogen and oxygen atoms in total. The fourth-order valence-corrected chi connectivity index (χ4v) is 3.63. The van der Waals surface area contributed by atoms with Crippen molar-refractivity contribution in [1.29, 1.82) is 0 Å². The van der Waals surface area contributed by atoms with Gasteiger partial charge in [0.15, 0.2) is 5.78 Å². The molecule has 1 aliphatic carbocycles. The predicted octanol–water partition coefficient (Wildman–Crippen LogP) is 4.66. The number of benzene rings is 2. The van der Waals surface area contributed by atoms with Gasteiger partial charge in [0.25, 0.3) is 0 Å². The van der Waals surface area contributed by atoms with E-state index >= 15 is 0 Å². The van der Waals surface area contributed by atoms with E-state index in [4.69, 9.17) is 9.84 Å². The molecule has 1 aromatic heterocycles. The minimum Gasteiger partial charge on any atom is -0.478 e. The first-order valence-corrected chi connectivity index (χ1v) is 10.9. The molecular weight excluding hydrogens is 479 g/mol. The summed E-state index contributed by atoms with van der Waals surface area (Å²) < 4.78 is 45.5. The lowest BCUT2D eigenvalue weighted by Crippen LogP contribution is -2.33. The first kappa shape index (κ1) is 24.8. The van der Waals surface area contributed by atoms with Crippen LogP contribution in [-0.4, -0.2) is 32.7 Å². The zero-order chi connectivity index (χ0) is 25.9. The number of hydrogen-bond donors (Lipinski definition) is 2. The van der Waals surface area contributed by atoms with Crippen LogP contribution < -0.4 is 10.1 Å². The fraction of sp³-hybridized carbons (Fsp3) is 0.240. The molecule has 1 aliphatic rings. The zero-order valence-electron chi connectivity index (χ0n) is 18.7. The molecule has 0 radical (unpaired) electrons. The first-order chi connectivity index (χ1) is 17.1. The molecule has 1 fully saturated rings. The molecule has 2 N–H and O–H groups in total. The van der Waals surface area contributed by atoms with Gasteiger partial charge in [-0.25, -0.2) is 14.8 Å². The van der Waals surface area contributed by atoms with Crippen molar-refractivity contribution in [2.75, 3.05) is 0 Å². The van der Waals surface area contributed by atoms with Gasteiger partial charge >= 0.3 is 12.1 Å². The summed E-state index contributed by atoms with van der Waals surface area (Å²) in [6.07, 6.45) is 0.563. The van der Waals surface area contributed by atoms with Crippen LogP contribution in [0.1, 0.15) is 51.1 Å². The number of nitrogens with zero attached hydrogens (tertiary/aromatic N) is 2. The highest BCUT2D eigenvalue weighted by Gasteiger charge is 2.51. The summed E-state index contributed by atoms with van der Waals surface area (Å²) in [6.45, 7) is 0.157. The van der Waals surface area contributed by atoms with Crippen molar-refractivity contribution in [3.63, 3.8) is 0 Å². The highest BCUT2D eigenvalue weighted by atomic mass is 19.4. The molecule has 1 heterocycles. The van der Waals surface area contributed by atoms with Gasteiger partial charge in [-0.2, -0.15) is 13.2 Å². The molecule has 0 bridgehead atoms. The van der Waals surface area contributed by atoms with E-state index in [2.05, 4.69) is 15.3 Å². The summed E-state index contributed by atoms with van der Waals surface area (Å²) in [4.78, 5) is 43.8. The molecule has 2 aromatic carbocycles. The van der Waals surface area contributed by atoms with E-state index in [1.165, 1.54) is 30.9 Å². The Balaban J connectivity index is 1.37. The summed E-state index contributed by atoms with van der Waals surface area (Å²) in [5.74, 6) is -2.36. The van der Waals surface area contributed by atoms with Gasteiger partial charge in [-0.15, -0.1) is 0 Å². The summed E-state index contributed by atoms with van der Waals surface area (Å²) in [7, 11) is 0. The highest BCUT2D eigenvalue weighted by molar-refractivity contribution is 6.00. The number of carboxylic acids is 1. The number of halogens is 3. The topological polar surface area (TPSA) is 118 Å². The van der Waals surface area contributed by atoms with E-state index in [1.54, 1.807) is 12.1 Å². The molecule has 0 spiro atoms. The summed E-state index contributed by atoms with van der Waals surface area (Å²) >= 11 is 0. The number of hydrogen-bond acceptors (Lipinski definition) is 6. The Morgan fingerprint density at radius 1 is 1.00 bits per heavy atom. The largest absolute Gasteiger partial charge is 0.478 e. The van der Waals surface area contributed by atoms with Crippen molar-refractivity contribution in [2.24, 2.45) is 5.41 Å². The van der Waals surface area contributed by atoms with Gasteiger partial charge in [0.1, 0.15) is 17.8 Å². The van der Waals surface area contributed by atoms with Crippen molar-refractivity contribution in [3.05, 3.63) is 83.4 Å². The third kappa shape index (κ3) is 5.68. The Morgan fingerprint density at radius 3 is 2.25 bits per heavy atom. The smallest absolute Gasteiger partial charge is 0.420 e. The van der Waals surface area contributed by atoms with E-state index < -0.39 is 34.4 Å². The van der Waals surface area contributed by atoms with Gasteiger partial charge in [0, 0.05) is 25.4 Å². The van der Waals surface area contributed by atoms with Crippen LogP contribution in [0.5, 0.6) is 11.5 Å². The van der Waals surface area contributed by atoms with Crippen LogP contribution >= 0.6 is 0 Å². The highest BCUT2D eigenvalue weighted by Crippen LogP contribution is 2.49. The maximum atomic E-state index is 13.4. The minimum atomic E-state index is -4.81. The van der Waals surface area contributed by atoms with Crippen LogP contribution in [0.2, 0.25) is 0 Å². The van der Waals surface area contributed by atoms with E-state index in [9.17, 15) is 27.6 Å². The van der Waals surface area contributed by atoms with E-state index in [0.717, 1.165) is 12.1 Å². The Kier molecular flexibility index (Phi) is 6.73.